The summed E-state index contributed by atoms with van der Waals surface area (Å²) >= 11 is 0. The third-order valence-corrected chi connectivity index (χ3v) is 4.46. The molecule has 3 rings (SSSR count). The Labute approximate surface area is 151 Å². The van der Waals surface area contributed by atoms with E-state index in [2.05, 4.69) is 5.32 Å². The first-order valence-electron chi connectivity index (χ1n) is 8.48. The van der Waals surface area contributed by atoms with Gasteiger partial charge in [-0.25, -0.2) is 0 Å². The SMILES string of the molecule is CCn1cc(NC(=O)C2CC(=O)N(c3ccccc3OC)C2)ccc1=O. The molecule has 0 bridgehead atoms. The molecule has 1 N–H and O–H groups in total. The normalized spacial score (nSPS) is 16.6. The molecule has 1 fully saturated rings. The summed E-state index contributed by atoms with van der Waals surface area (Å²) in [6, 6.07) is 10.2. The van der Waals surface area contributed by atoms with Gasteiger partial charge in [0.15, 0.2) is 0 Å². The summed E-state index contributed by atoms with van der Waals surface area (Å²) in [6.45, 7) is 2.66. The Hall–Kier alpha value is -3.09. The average molecular weight is 355 g/mol. The van der Waals surface area contributed by atoms with Crippen LogP contribution in [0, 0.1) is 5.92 Å². The summed E-state index contributed by atoms with van der Waals surface area (Å²) in [4.78, 5) is 38.2. The van der Waals surface area contributed by atoms with Crippen LogP contribution < -0.4 is 20.5 Å². The summed E-state index contributed by atoms with van der Waals surface area (Å²) < 4.78 is 6.82. The molecule has 26 heavy (non-hydrogen) atoms. The maximum absolute atomic E-state index is 12.6. The van der Waals surface area contributed by atoms with E-state index in [1.807, 2.05) is 19.1 Å². The Morgan fingerprint density at radius 2 is 2.00 bits per heavy atom. The van der Waals surface area contributed by atoms with E-state index in [0.717, 1.165) is 0 Å². The van der Waals surface area contributed by atoms with E-state index in [1.165, 1.54) is 10.6 Å². The van der Waals surface area contributed by atoms with Crippen molar-refractivity contribution in [2.24, 2.45) is 5.92 Å². The molecule has 1 atom stereocenters. The number of benzene rings is 1. The van der Waals surface area contributed by atoms with Crippen LogP contribution in [-0.2, 0) is 16.1 Å². The highest BCUT2D eigenvalue weighted by Crippen LogP contribution is 2.33. The number of amides is 2. The number of nitrogens with zero attached hydrogens (tertiary/aromatic N) is 2. The molecule has 7 heteroatoms. The van der Waals surface area contributed by atoms with Crippen molar-refractivity contribution in [2.75, 3.05) is 23.9 Å². The van der Waals surface area contributed by atoms with Crippen LogP contribution in [0.5, 0.6) is 5.75 Å². The van der Waals surface area contributed by atoms with Crippen LogP contribution in [-0.4, -0.2) is 30.0 Å². The number of carbonyl (C=O) groups is 2. The second-order valence-electron chi connectivity index (χ2n) is 6.11. The molecule has 7 nitrogen and oxygen atoms in total. The predicted molar refractivity (Wildman–Crippen MR) is 98.5 cm³/mol. The minimum Gasteiger partial charge on any atom is -0.495 e. The number of pyridine rings is 1. The van der Waals surface area contributed by atoms with E-state index < -0.39 is 5.92 Å². The Kier molecular flexibility index (Phi) is 5.06. The molecule has 0 radical (unpaired) electrons. The maximum Gasteiger partial charge on any atom is 0.250 e. The number of hydrogen-bond donors (Lipinski definition) is 1. The molecule has 1 saturated heterocycles. The summed E-state index contributed by atoms with van der Waals surface area (Å²) in [7, 11) is 1.55. The van der Waals surface area contributed by atoms with E-state index in [-0.39, 0.29) is 23.8 Å². The number of aryl methyl sites for hydroxylation is 1. The Balaban J connectivity index is 1.74. The number of nitrogens with one attached hydrogen (secondary N) is 1. The van der Waals surface area contributed by atoms with Crippen LogP contribution >= 0.6 is 0 Å². The van der Waals surface area contributed by atoms with Crippen LogP contribution in [0.15, 0.2) is 47.4 Å². The Morgan fingerprint density at radius 3 is 2.73 bits per heavy atom. The second-order valence-corrected chi connectivity index (χ2v) is 6.11. The van der Waals surface area contributed by atoms with Gasteiger partial charge in [-0.15, -0.1) is 0 Å². The van der Waals surface area contributed by atoms with Crippen molar-refractivity contribution >= 4 is 23.2 Å². The minimum absolute atomic E-state index is 0.117. The number of ether oxygens (including phenoxy) is 1. The van der Waals surface area contributed by atoms with Gasteiger partial charge in [0.1, 0.15) is 5.75 Å². The number of carbonyl (C=O) groups excluding carboxylic acids is 2. The highest BCUT2D eigenvalue weighted by Gasteiger charge is 2.36. The molecule has 1 aromatic heterocycles. The molecular formula is C19H21N3O4. The largest absolute Gasteiger partial charge is 0.495 e. The molecule has 2 aromatic rings. The van der Waals surface area contributed by atoms with Gasteiger partial charge in [-0.05, 0) is 25.1 Å². The number of hydrogen-bond acceptors (Lipinski definition) is 4. The summed E-state index contributed by atoms with van der Waals surface area (Å²) in [5.74, 6) is -0.225. The van der Waals surface area contributed by atoms with Gasteiger partial charge < -0.3 is 19.5 Å². The van der Waals surface area contributed by atoms with E-state index in [9.17, 15) is 14.4 Å². The van der Waals surface area contributed by atoms with E-state index in [4.69, 9.17) is 4.74 Å². The third kappa shape index (κ3) is 3.46. The molecule has 0 aliphatic carbocycles. The molecule has 1 unspecified atom stereocenters. The van der Waals surface area contributed by atoms with E-state index in [0.29, 0.717) is 30.2 Å². The van der Waals surface area contributed by atoms with Gasteiger partial charge in [0, 0.05) is 31.8 Å². The Morgan fingerprint density at radius 1 is 1.23 bits per heavy atom. The van der Waals surface area contributed by atoms with Crippen LogP contribution in [0.25, 0.3) is 0 Å². The average Bonchev–Trinajstić information content (AvgIpc) is 3.05. The van der Waals surface area contributed by atoms with Crippen molar-refractivity contribution in [1.82, 2.24) is 4.57 Å². The lowest BCUT2D eigenvalue weighted by Crippen LogP contribution is -2.28. The fourth-order valence-electron chi connectivity index (χ4n) is 3.07. The maximum atomic E-state index is 12.6. The fraction of sp³-hybridized carbons (Fsp3) is 0.316. The van der Waals surface area contributed by atoms with Gasteiger partial charge in [-0.3, -0.25) is 14.4 Å². The van der Waals surface area contributed by atoms with Gasteiger partial charge in [0.05, 0.1) is 24.4 Å². The van der Waals surface area contributed by atoms with Crippen molar-refractivity contribution < 1.29 is 14.3 Å². The first-order chi connectivity index (χ1) is 12.5. The van der Waals surface area contributed by atoms with Gasteiger partial charge in [0.2, 0.25) is 11.8 Å². The van der Waals surface area contributed by atoms with Crippen LogP contribution in [0.4, 0.5) is 11.4 Å². The highest BCUT2D eigenvalue weighted by atomic mass is 16.5. The molecule has 0 spiro atoms. The number of aromatic nitrogens is 1. The van der Waals surface area contributed by atoms with Crippen molar-refractivity contribution in [2.45, 2.75) is 19.9 Å². The fourth-order valence-corrected chi connectivity index (χ4v) is 3.07. The zero-order chi connectivity index (χ0) is 18.7. The zero-order valence-corrected chi connectivity index (χ0v) is 14.8. The van der Waals surface area contributed by atoms with E-state index >= 15 is 0 Å². The van der Waals surface area contributed by atoms with Crippen molar-refractivity contribution in [3.63, 3.8) is 0 Å². The molecule has 1 aromatic carbocycles. The highest BCUT2D eigenvalue weighted by molar-refractivity contribution is 6.04. The third-order valence-electron chi connectivity index (χ3n) is 4.46. The predicted octanol–water partition coefficient (Wildman–Crippen LogP) is 1.87. The second kappa shape index (κ2) is 7.43. The van der Waals surface area contributed by atoms with Crippen LogP contribution in [0.2, 0.25) is 0 Å². The van der Waals surface area contributed by atoms with Gasteiger partial charge in [-0.1, -0.05) is 12.1 Å². The topological polar surface area (TPSA) is 80.6 Å². The molecule has 1 aliphatic heterocycles. The number of rotatable bonds is 5. The van der Waals surface area contributed by atoms with Gasteiger partial charge >= 0.3 is 0 Å². The van der Waals surface area contributed by atoms with Crippen molar-refractivity contribution in [3.05, 3.63) is 52.9 Å². The molecule has 1 aliphatic rings. The van der Waals surface area contributed by atoms with Crippen molar-refractivity contribution in [1.29, 1.82) is 0 Å². The number of methoxy groups -OCH3 is 1. The summed E-state index contributed by atoms with van der Waals surface area (Å²) in [6.07, 6.45) is 1.74. The standard InChI is InChI=1S/C19H21N3O4/c1-3-21-12-14(8-9-17(21)23)20-19(25)13-10-18(24)22(11-13)15-6-4-5-7-16(15)26-2/h4-9,12-13H,3,10-11H2,1-2H3,(H,20,25). The van der Waals surface area contributed by atoms with Crippen LogP contribution in [0.1, 0.15) is 13.3 Å². The first kappa shape index (κ1) is 17.7. The molecule has 2 amide bonds. The summed E-state index contributed by atoms with van der Waals surface area (Å²) in [5, 5.41) is 2.80. The molecule has 136 valence electrons. The quantitative estimate of drug-likeness (QED) is 0.888. The molecule has 2 heterocycles. The van der Waals surface area contributed by atoms with Crippen LogP contribution in [0.3, 0.4) is 0 Å². The summed E-state index contributed by atoms with van der Waals surface area (Å²) in [5.41, 5.74) is 1.08. The van der Waals surface area contributed by atoms with E-state index in [1.54, 1.807) is 36.4 Å². The lowest BCUT2D eigenvalue weighted by atomic mass is 10.1. The smallest absolute Gasteiger partial charge is 0.250 e. The van der Waals surface area contributed by atoms with Crippen molar-refractivity contribution in [3.8, 4) is 5.75 Å². The zero-order valence-electron chi connectivity index (χ0n) is 14.8. The Bertz CT molecular complexity index is 890. The van der Waals surface area contributed by atoms with Gasteiger partial charge in [0.25, 0.3) is 5.56 Å². The molecular weight excluding hydrogens is 334 g/mol. The minimum atomic E-state index is -0.464. The lowest BCUT2D eigenvalue weighted by molar-refractivity contribution is -0.122. The first-order valence-corrected chi connectivity index (χ1v) is 8.48. The van der Waals surface area contributed by atoms with Gasteiger partial charge in [-0.2, -0.15) is 0 Å². The number of anilines is 2. The number of para-hydroxylation sites is 2. The monoisotopic (exact) mass is 355 g/mol. The molecule has 0 saturated carbocycles. The lowest BCUT2D eigenvalue weighted by Gasteiger charge is -2.19.